The molecule has 0 atom stereocenters. The minimum Gasteiger partial charge on any atom is -0.362 e. The SMILES string of the molecule is Cc1ccc(CNC(=O)N[C@H]2CC[C@@H](Nc3nc(N(C)C)c4ccccc4n3)CC2)cc1. The number of carbonyl (C=O) groups is 1. The van der Waals surface area contributed by atoms with Crippen LogP contribution in [0.25, 0.3) is 10.9 Å². The molecule has 0 bridgehead atoms. The Bertz CT molecular complexity index is 1060. The first-order valence-corrected chi connectivity index (χ1v) is 11.3. The summed E-state index contributed by atoms with van der Waals surface area (Å²) in [4.78, 5) is 23.8. The highest BCUT2D eigenvalue weighted by Gasteiger charge is 2.23. The van der Waals surface area contributed by atoms with Crippen LogP contribution in [-0.4, -0.2) is 42.2 Å². The second-order valence-corrected chi connectivity index (χ2v) is 8.79. The molecule has 3 aromatic rings. The number of aromatic nitrogens is 2. The number of nitrogens with zero attached hydrogens (tertiary/aromatic N) is 3. The molecule has 32 heavy (non-hydrogen) atoms. The van der Waals surface area contributed by atoms with Crippen LogP contribution in [0.3, 0.4) is 0 Å². The zero-order valence-corrected chi connectivity index (χ0v) is 19.1. The first kappa shape index (κ1) is 21.9. The average Bonchev–Trinajstić information content (AvgIpc) is 2.79. The number of hydrogen-bond donors (Lipinski definition) is 3. The van der Waals surface area contributed by atoms with Crippen LogP contribution in [0.4, 0.5) is 16.6 Å². The van der Waals surface area contributed by atoms with E-state index >= 15 is 0 Å². The Morgan fingerprint density at radius 3 is 2.38 bits per heavy atom. The third-order valence-electron chi connectivity index (χ3n) is 5.98. The molecule has 1 saturated carbocycles. The fourth-order valence-corrected chi connectivity index (χ4v) is 4.15. The quantitative estimate of drug-likeness (QED) is 0.543. The van der Waals surface area contributed by atoms with Crippen LogP contribution in [0.15, 0.2) is 48.5 Å². The van der Waals surface area contributed by atoms with Gasteiger partial charge in [-0.05, 0) is 50.3 Å². The van der Waals surface area contributed by atoms with Crippen LogP contribution in [0.2, 0.25) is 0 Å². The molecule has 1 aliphatic carbocycles. The van der Waals surface area contributed by atoms with E-state index in [2.05, 4.69) is 41.1 Å². The van der Waals surface area contributed by atoms with Gasteiger partial charge in [0, 0.05) is 38.1 Å². The van der Waals surface area contributed by atoms with Crippen LogP contribution in [0.1, 0.15) is 36.8 Å². The van der Waals surface area contributed by atoms with E-state index in [-0.39, 0.29) is 12.1 Å². The van der Waals surface area contributed by atoms with E-state index in [0.717, 1.165) is 48.0 Å². The molecular formula is C25H32N6O. The summed E-state index contributed by atoms with van der Waals surface area (Å²) in [5, 5.41) is 10.6. The third kappa shape index (κ3) is 5.46. The molecule has 168 valence electrons. The fourth-order valence-electron chi connectivity index (χ4n) is 4.15. The minimum atomic E-state index is -0.101. The van der Waals surface area contributed by atoms with Crippen LogP contribution in [0.5, 0.6) is 0 Å². The van der Waals surface area contributed by atoms with Gasteiger partial charge < -0.3 is 20.9 Å². The monoisotopic (exact) mass is 432 g/mol. The van der Waals surface area contributed by atoms with Gasteiger partial charge in [-0.15, -0.1) is 0 Å². The molecule has 0 spiro atoms. The second kappa shape index (κ2) is 9.85. The smallest absolute Gasteiger partial charge is 0.315 e. The lowest BCUT2D eigenvalue weighted by molar-refractivity contribution is 0.231. The summed E-state index contributed by atoms with van der Waals surface area (Å²) in [6.07, 6.45) is 3.81. The number of fused-ring (bicyclic) bond motifs is 1. The predicted molar refractivity (Wildman–Crippen MR) is 130 cm³/mol. The molecule has 3 N–H and O–H groups in total. The van der Waals surface area contributed by atoms with Crippen molar-refractivity contribution in [3.63, 3.8) is 0 Å². The van der Waals surface area contributed by atoms with Gasteiger partial charge in [0.2, 0.25) is 5.95 Å². The molecule has 0 unspecified atom stereocenters. The molecule has 1 aliphatic rings. The molecule has 2 aromatic carbocycles. The normalized spacial score (nSPS) is 18.2. The molecule has 2 amide bonds. The maximum Gasteiger partial charge on any atom is 0.315 e. The highest BCUT2D eigenvalue weighted by Crippen LogP contribution is 2.26. The molecular weight excluding hydrogens is 400 g/mol. The van der Waals surface area contributed by atoms with Gasteiger partial charge in [-0.1, -0.05) is 42.0 Å². The van der Waals surface area contributed by atoms with Gasteiger partial charge in [-0.25, -0.2) is 9.78 Å². The summed E-state index contributed by atoms with van der Waals surface area (Å²) < 4.78 is 0. The van der Waals surface area contributed by atoms with Crippen molar-refractivity contribution in [2.75, 3.05) is 24.3 Å². The van der Waals surface area contributed by atoms with E-state index < -0.39 is 0 Å². The Morgan fingerprint density at radius 1 is 0.969 bits per heavy atom. The van der Waals surface area contributed by atoms with Gasteiger partial charge in [0.25, 0.3) is 0 Å². The van der Waals surface area contributed by atoms with Crippen LogP contribution in [0, 0.1) is 6.92 Å². The molecule has 1 aromatic heterocycles. The van der Waals surface area contributed by atoms with E-state index in [9.17, 15) is 4.79 Å². The van der Waals surface area contributed by atoms with E-state index in [1.807, 2.05) is 49.3 Å². The number of carbonyl (C=O) groups excluding carboxylic acids is 1. The minimum absolute atomic E-state index is 0.101. The van der Waals surface area contributed by atoms with Gasteiger partial charge in [0.05, 0.1) is 5.52 Å². The van der Waals surface area contributed by atoms with Crippen LogP contribution >= 0.6 is 0 Å². The summed E-state index contributed by atoms with van der Waals surface area (Å²) in [7, 11) is 4.00. The van der Waals surface area contributed by atoms with E-state index in [4.69, 9.17) is 9.97 Å². The number of amides is 2. The maximum atomic E-state index is 12.3. The highest BCUT2D eigenvalue weighted by molar-refractivity contribution is 5.90. The van der Waals surface area contributed by atoms with Gasteiger partial charge in [0.15, 0.2) is 0 Å². The van der Waals surface area contributed by atoms with Crippen molar-refractivity contribution >= 4 is 28.7 Å². The lowest BCUT2D eigenvalue weighted by Gasteiger charge is -2.30. The largest absolute Gasteiger partial charge is 0.362 e. The first-order chi connectivity index (χ1) is 15.5. The molecule has 1 heterocycles. The van der Waals surface area contributed by atoms with Crippen molar-refractivity contribution in [3.05, 3.63) is 59.7 Å². The summed E-state index contributed by atoms with van der Waals surface area (Å²) in [5.74, 6) is 1.58. The average molecular weight is 433 g/mol. The van der Waals surface area contributed by atoms with Gasteiger partial charge in [-0.3, -0.25) is 0 Å². The standard InChI is InChI=1S/C25H32N6O/c1-17-8-10-18(11-9-17)16-26-25(32)28-20-14-12-19(13-15-20)27-24-29-22-7-5-4-6-21(22)23(30-24)31(2)3/h4-11,19-20H,12-16H2,1-3H3,(H2,26,28,32)(H,27,29,30)/t19-,20+. The van der Waals surface area contributed by atoms with E-state index in [1.54, 1.807) is 0 Å². The van der Waals surface area contributed by atoms with Crippen molar-refractivity contribution in [2.24, 2.45) is 0 Å². The molecule has 1 fully saturated rings. The topological polar surface area (TPSA) is 82.2 Å². The van der Waals surface area contributed by atoms with Gasteiger partial charge in [-0.2, -0.15) is 4.98 Å². The highest BCUT2D eigenvalue weighted by atomic mass is 16.2. The zero-order chi connectivity index (χ0) is 22.5. The first-order valence-electron chi connectivity index (χ1n) is 11.3. The zero-order valence-electron chi connectivity index (χ0n) is 19.1. The Morgan fingerprint density at radius 2 is 1.66 bits per heavy atom. The van der Waals surface area contributed by atoms with Crippen LogP contribution in [-0.2, 0) is 6.54 Å². The molecule has 0 aliphatic heterocycles. The summed E-state index contributed by atoms with van der Waals surface area (Å²) in [5.41, 5.74) is 3.26. The number of urea groups is 1. The van der Waals surface area contributed by atoms with E-state index in [1.165, 1.54) is 5.56 Å². The number of para-hydroxylation sites is 1. The molecule has 7 nitrogen and oxygen atoms in total. The molecule has 7 heteroatoms. The molecule has 0 radical (unpaired) electrons. The number of aryl methyl sites for hydroxylation is 1. The van der Waals surface area contributed by atoms with Crippen LogP contribution < -0.4 is 20.9 Å². The Kier molecular flexibility index (Phi) is 6.73. The Balaban J connectivity index is 1.27. The molecule has 4 rings (SSSR count). The Hall–Kier alpha value is -3.35. The van der Waals surface area contributed by atoms with Crippen molar-refractivity contribution in [2.45, 2.75) is 51.2 Å². The third-order valence-corrected chi connectivity index (χ3v) is 5.98. The van der Waals surface area contributed by atoms with Gasteiger partial charge >= 0.3 is 6.03 Å². The lowest BCUT2D eigenvalue weighted by atomic mass is 9.91. The molecule has 0 saturated heterocycles. The van der Waals surface area contributed by atoms with Gasteiger partial charge in [0.1, 0.15) is 5.82 Å². The Labute approximate surface area is 189 Å². The second-order valence-electron chi connectivity index (χ2n) is 8.79. The van der Waals surface area contributed by atoms with E-state index in [0.29, 0.717) is 18.5 Å². The number of rotatable bonds is 6. The summed E-state index contributed by atoms with van der Waals surface area (Å²) in [6, 6.07) is 16.7. The summed E-state index contributed by atoms with van der Waals surface area (Å²) >= 11 is 0. The maximum absolute atomic E-state index is 12.3. The van der Waals surface area contributed by atoms with Crippen molar-refractivity contribution < 1.29 is 4.79 Å². The number of anilines is 2. The lowest BCUT2D eigenvalue weighted by Crippen LogP contribution is -2.44. The summed E-state index contributed by atoms with van der Waals surface area (Å²) in [6.45, 7) is 2.60. The predicted octanol–water partition coefficient (Wildman–Crippen LogP) is 4.23. The van der Waals surface area contributed by atoms with Crippen molar-refractivity contribution in [3.8, 4) is 0 Å². The van der Waals surface area contributed by atoms with Crippen molar-refractivity contribution in [1.82, 2.24) is 20.6 Å². The fraction of sp³-hybridized carbons (Fsp3) is 0.400. The number of hydrogen-bond acceptors (Lipinski definition) is 5. The number of nitrogens with one attached hydrogen (secondary N) is 3. The van der Waals surface area contributed by atoms with Crippen molar-refractivity contribution in [1.29, 1.82) is 0 Å². The number of benzene rings is 2.